The Balaban J connectivity index is 1.67. The Bertz CT molecular complexity index is 1720. The highest BCUT2D eigenvalue weighted by Gasteiger charge is 2.34. The van der Waals surface area contributed by atoms with Crippen molar-refractivity contribution in [1.29, 1.82) is 0 Å². The molecular formula is C29H27F5N2O5S. The molecule has 0 fully saturated rings. The van der Waals surface area contributed by atoms with Crippen LogP contribution < -0.4 is 5.32 Å². The second kappa shape index (κ2) is 12.2. The van der Waals surface area contributed by atoms with E-state index in [-0.39, 0.29) is 40.4 Å². The van der Waals surface area contributed by atoms with Gasteiger partial charge in [-0.15, -0.1) is 0 Å². The summed E-state index contributed by atoms with van der Waals surface area (Å²) >= 11 is 0. The smallest absolute Gasteiger partial charge is 0.395 e. The van der Waals surface area contributed by atoms with E-state index in [4.69, 9.17) is 0 Å². The van der Waals surface area contributed by atoms with Crippen molar-refractivity contribution >= 4 is 26.6 Å². The van der Waals surface area contributed by atoms with Gasteiger partial charge in [-0.2, -0.15) is 13.2 Å². The van der Waals surface area contributed by atoms with E-state index in [0.717, 1.165) is 18.2 Å². The second-order valence-electron chi connectivity index (χ2n) is 9.56. The first-order valence-corrected chi connectivity index (χ1v) is 14.5. The Labute approximate surface area is 238 Å². The summed E-state index contributed by atoms with van der Waals surface area (Å²) in [6.45, 7) is 0.427. The molecule has 42 heavy (non-hydrogen) atoms. The van der Waals surface area contributed by atoms with Crippen LogP contribution in [0.15, 0.2) is 65.6 Å². The first kappa shape index (κ1) is 31.1. The molecule has 224 valence electrons. The average Bonchev–Trinajstić information content (AvgIpc) is 3.27. The molecule has 3 aromatic carbocycles. The second-order valence-corrected chi connectivity index (χ2v) is 11.8. The molecule has 0 aliphatic heterocycles. The minimum Gasteiger partial charge on any atom is -0.395 e. The number of nitrogens with zero attached hydrogens (tertiary/aromatic N) is 1. The van der Waals surface area contributed by atoms with Gasteiger partial charge in [-0.05, 0) is 53.6 Å². The first-order chi connectivity index (χ1) is 19.8. The van der Waals surface area contributed by atoms with Crippen LogP contribution >= 0.6 is 0 Å². The van der Waals surface area contributed by atoms with Gasteiger partial charge in [-0.25, -0.2) is 17.2 Å². The highest BCUT2D eigenvalue weighted by atomic mass is 32.2. The minimum atomic E-state index is -4.82. The Kier molecular flexibility index (Phi) is 9.04. The van der Waals surface area contributed by atoms with E-state index < -0.39 is 63.9 Å². The zero-order chi connectivity index (χ0) is 30.8. The number of halogens is 5. The molecule has 0 unspecified atom stereocenters. The molecule has 1 amide bonds. The summed E-state index contributed by atoms with van der Waals surface area (Å²) in [5.41, 5.74) is -0.938. The van der Waals surface area contributed by atoms with Gasteiger partial charge >= 0.3 is 6.18 Å². The lowest BCUT2D eigenvalue weighted by molar-refractivity contribution is -0.138. The predicted molar refractivity (Wildman–Crippen MR) is 145 cm³/mol. The molecule has 1 aromatic heterocycles. The third-order valence-electron chi connectivity index (χ3n) is 6.90. The summed E-state index contributed by atoms with van der Waals surface area (Å²) in [6, 6.07) is 10.5. The molecule has 0 saturated carbocycles. The molecule has 7 nitrogen and oxygen atoms in total. The summed E-state index contributed by atoms with van der Waals surface area (Å²) in [7, 11) is -3.47. The van der Waals surface area contributed by atoms with Crippen LogP contribution in [0.4, 0.5) is 22.0 Å². The number of aliphatic hydroxyl groups is 2. The first-order valence-electron chi connectivity index (χ1n) is 12.8. The zero-order valence-corrected chi connectivity index (χ0v) is 23.1. The van der Waals surface area contributed by atoms with Gasteiger partial charge in [0.15, 0.2) is 9.84 Å². The number of carbonyl (C=O) groups is 1. The van der Waals surface area contributed by atoms with E-state index in [9.17, 15) is 41.0 Å². The maximum Gasteiger partial charge on any atom is 0.416 e. The van der Waals surface area contributed by atoms with Crippen molar-refractivity contribution in [1.82, 2.24) is 9.88 Å². The lowest BCUT2D eigenvalue weighted by atomic mass is 10.0. The largest absolute Gasteiger partial charge is 0.416 e. The Morgan fingerprint density at radius 1 is 1.00 bits per heavy atom. The molecule has 3 N–H and O–H groups in total. The number of amides is 1. The van der Waals surface area contributed by atoms with Gasteiger partial charge < -0.3 is 20.1 Å². The van der Waals surface area contributed by atoms with Crippen LogP contribution in [0.25, 0.3) is 10.9 Å². The van der Waals surface area contributed by atoms with Gasteiger partial charge in [0.05, 0.1) is 46.5 Å². The fourth-order valence-corrected chi connectivity index (χ4v) is 5.62. The number of aliphatic hydroxyl groups excluding tert-OH is 2. The molecule has 4 aromatic rings. The van der Waals surface area contributed by atoms with Crippen LogP contribution in [0.2, 0.25) is 0 Å². The summed E-state index contributed by atoms with van der Waals surface area (Å²) < 4.78 is 95.1. The summed E-state index contributed by atoms with van der Waals surface area (Å²) in [6.07, 6.45) is -5.14. The maximum atomic E-state index is 15.2. The number of rotatable bonds is 10. The number of carbonyl (C=O) groups excluding carboxylic acids is 1. The minimum absolute atomic E-state index is 0.0689. The van der Waals surface area contributed by atoms with Crippen molar-refractivity contribution in [3.8, 4) is 0 Å². The van der Waals surface area contributed by atoms with Crippen molar-refractivity contribution in [2.24, 2.45) is 0 Å². The van der Waals surface area contributed by atoms with E-state index >= 15 is 4.39 Å². The average molecular weight is 611 g/mol. The van der Waals surface area contributed by atoms with Gasteiger partial charge in [-0.1, -0.05) is 25.1 Å². The standard InChI is InChI=1S/C29H27F5N2O5S/c1-2-42(40,41)22-7-4-17(5-8-22)26(16-38)35-28(39)23-13-19-12-21(36(9-10-37)27(19)15-25(23)31)11-18-3-6-20(30)14-24(18)29(32,33)34/h3-8,12-15,26,37-38H,2,9-11,16H2,1H3,(H,35,39)/t26-/m0/s1. The molecule has 0 bridgehead atoms. The molecule has 1 heterocycles. The van der Waals surface area contributed by atoms with E-state index in [1.807, 2.05) is 0 Å². The van der Waals surface area contributed by atoms with E-state index in [1.54, 1.807) is 0 Å². The fraction of sp³-hybridized carbons (Fsp3) is 0.276. The van der Waals surface area contributed by atoms with Gasteiger partial charge in [0.2, 0.25) is 0 Å². The number of alkyl halides is 3. The van der Waals surface area contributed by atoms with Gasteiger partial charge in [-0.3, -0.25) is 4.79 Å². The summed E-state index contributed by atoms with van der Waals surface area (Å²) in [4.78, 5) is 13.1. The number of aromatic nitrogens is 1. The molecule has 0 saturated heterocycles. The van der Waals surface area contributed by atoms with Crippen molar-refractivity contribution in [2.75, 3.05) is 19.0 Å². The number of sulfone groups is 1. The van der Waals surface area contributed by atoms with Crippen LogP contribution in [0.1, 0.15) is 45.7 Å². The van der Waals surface area contributed by atoms with Crippen LogP contribution in [-0.2, 0) is 29.0 Å². The van der Waals surface area contributed by atoms with E-state index in [0.29, 0.717) is 17.0 Å². The van der Waals surface area contributed by atoms with Gasteiger partial charge in [0.1, 0.15) is 11.6 Å². The maximum absolute atomic E-state index is 15.2. The highest BCUT2D eigenvalue weighted by molar-refractivity contribution is 7.91. The number of nitrogens with one attached hydrogen (secondary N) is 1. The molecule has 1 atom stereocenters. The topological polar surface area (TPSA) is 109 Å². The van der Waals surface area contributed by atoms with Gasteiger partial charge in [0, 0.05) is 24.0 Å². The lowest BCUT2D eigenvalue weighted by Gasteiger charge is -2.18. The summed E-state index contributed by atoms with van der Waals surface area (Å²) in [5.74, 6) is -3.01. The SMILES string of the molecule is CCS(=O)(=O)c1ccc([C@H](CO)NC(=O)c2cc3cc(Cc4ccc(F)cc4C(F)(F)F)n(CCO)c3cc2F)cc1. The molecule has 0 aliphatic rings. The number of fused-ring (bicyclic) bond motifs is 1. The molecular weight excluding hydrogens is 583 g/mol. The Hall–Kier alpha value is -3.81. The molecule has 0 aliphatic carbocycles. The lowest BCUT2D eigenvalue weighted by Crippen LogP contribution is -2.31. The van der Waals surface area contributed by atoms with Crippen molar-refractivity contribution in [3.63, 3.8) is 0 Å². The van der Waals surface area contributed by atoms with Crippen LogP contribution in [0, 0.1) is 11.6 Å². The molecule has 4 rings (SSSR count). The third kappa shape index (κ3) is 6.48. The van der Waals surface area contributed by atoms with E-state index in [2.05, 4.69) is 5.32 Å². The van der Waals surface area contributed by atoms with Crippen molar-refractivity contribution in [2.45, 2.75) is 37.0 Å². The quantitative estimate of drug-likeness (QED) is 0.224. The van der Waals surface area contributed by atoms with Gasteiger partial charge in [0.25, 0.3) is 5.91 Å². The van der Waals surface area contributed by atoms with Crippen LogP contribution in [-0.4, -0.2) is 48.1 Å². The summed E-state index contributed by atoms with van der Waals surface area (Å²) in [5, 5.41) is 22.2. The van der Waals surface area contributed by atoms with Crippen LogP contribution in [0.3, 0.4) is 0 Å². The number of hydrogen-bond donors (Lipinski definition) is 3. The highest BCUT2D eigenvalue weighted by Crippen LogP contribution is 2.34. The van der Waals surface area contributed by atoms with E-state index in [1.165, 1.54) is 47.9 Å². The normalized spacial score (nSPS) is 13.0. The molecule has 0 spiro atoms. The molecule has 13 heteroatoms. The third-order valence-corrected chi connectivity index (χ3v) is 8.65. The van der Waals surface area contributed by atoms with Crippen LogP contribution in [0.5, 0.6) is 0 Å². The Morgan fingerprint density at radius 2 is 1.69 bits per heavy atom. The van der Waals surface area contributed by atoms with Crippen molar-refractivity contribution in [3.05, 3.63) is 100 Å². The van der Waals surface area contributed by atoms with Crippen molar-refractivity contribution < 1.29 is 45.4 Å². The predicted octanol–water partition coefficient (Wildman–Crippen LogP) is 4.78. The number of benzene rings is 3. The monoisotopic (exact) mass is 610 g/mol. The zero-order valence-electron chi connectivity index (χ0n) is 22.3. The number of hydrogen-bond acceptors (Lipinski definition) is 5. The Morgan fingerprint density at radius 3 is 2.29 bits per heavy atom. The fourth-order valence-electron chi connectivity index (χ4n) is 4.73. The molecule has 0 radical (unpaired) electrons.